The number of ether oxygens (including phenoxy) is 2. The van der Waals surface area contributed by atoms with E-state index in [0.717, 1.165) is 22.8 Å². The number of aromatic nitrogens is 1. The molecule has 1 atom stereocenters. The summed E-state index contributed by atoms with van der Waals surface area (Å²) in [4.78, 5) is 3.21. The minimum atomic E-state index is 0.163. The van der Waals surface area contributed by atoms with Gasteiger partial charge in [-0.25, -0.2) is 0 Å². The van der Waals surface area contributed by atoms with Crippen molar-refractivity contribution in [2.45, 2.75) is 5.92 Å². The molecule has 2 heterocycles. The lowest BCUT2D eigenvalue weighted by molar-refractivity contribution is 0.171. The molecule has 2 aromatic rings. The number of fused-ring (bicyclic) bond motifs is 1. The quantitative estimate of drug-likeness (QED) is 0.866. The minimum absolute atomic E-state index is 0.163. The van der Waals surface area contributed by atoms with Crippen LogP contribution in [0.2, 0.25) is 0 Å². The van der Waals surface area contributed by atoms with E-state index in [0.29, 0.717) is 19.8 Å². The normalized spacial score (nSPS) is 15.4. The molecule has 0 bridgehead atoms. The number of nitrogens with two attached hydrogens (primary N) is 1. The van der Waals surface area contributed by atoms with Crippen LogP contribution in [-0.4, -0.2) is 24.7 Å². The molecular formula is C14H16N2O2. The fourth-order valence-corrected chi connectivity index (χ4v) is 2.28. The van der Waals surface area contributed by atoms with E-state index in [1.54, 1.807) is 0 Å². The van der Waals surface area contributed by atoms with Crippen LogP contribution in [0.5, 0.6) is 11.5 Å². The average molecular weight is 244 g/mol. The number of H-pyrrole nitrogens is 1. The van der Waals surface area contributed by atoms with E-state index in [2.05, 4.69) is 4.98 Å². The summed E-state index contributed by atoms with van der Waals surface area (Å²) in [6, 6.07) is 10.1. The molecule has 1 unspecified atom stereocenters. The lowest BCUT2D eigenvalue weighted by Gasteiger charge is -2.21. The first-order valence-electron chi connectivity index (χ1n) is 6.11. The van der Waals surface area contributed by atoms with Gasteiger partial charge in [-0.3, -0.25) is 0 Å². The van der Waals surface area contributed by atoms with Crippen molar-refractivity contribution in [2.75, 3.05) is 19.8 Å². The Kier molecular flexibility index (Phi) is 2.94. The summed E-state index contributed by atoms with van der Waals surface area (Å²) in [5, 5.41) is 0. The molecule has 0 fully saturated rings. The molecule has 1 aliphatic rings. The Bertz CT molecular complexity index is 523. The molecule has 1 aliphatic heterocycles. The second kappa shape index (κ2) is 4.74. The molecule has 1 aromatic carbocycles. The van der Waals surface area contributed by atoms with Crippen molar-refractivity contribution < 1.29 is 9.47 Å². The van der Waals surface area contributed by atoms with Gasteiger partial charge < -0.3 is 20.2 Å². The third-order valence-corrected chi connectivity index (χ3v) is 3.20. The molecule has 3 N–H and O–H groups in total. The van der Waals surface area contributed by atoms with Crippen molar-refractivity contribution in [1.29, 1.82) is 0 Å². The van der Waals surface area contributed by atoms with Gasteiger partial charge >= 0.3 is 0 Å². The van der Waals surface area contributed by atoms with E-state index in [9.17, 15) is 0 Å². The van der Waals surface area contributed by atoms with Gasteiger partial charge in [0.05, 0.1) is 0 Å². The van der Waals surface area contributed by atoms with Crippen molar-refractivity contribution in [3.8, 4) is 11.5 Å². The third kappa shape index (κ3) is 1.95. The highest BCUT2D eigenvalue weighted by molar-refractivity contribution is 5.46. The fourth-order valence-electron chi connectivity index (χ4n) is 2.28. The second-order valence-corrected chi connectivity index (χ2v) is 4.32. The van der Waals surface area contributed by atoms with Crippen LogP contribution in [-0.2, 0) is 0 Å². The molecule has 4 nitrogen and oxygen atoms in total. The van der Waals surface area contributed by atoms with Crippen molar-refractivity contribution in [1.82, 2.24) is 4.98 Å². The molecule has 94 valence electrons. The SMILES string of the molecule is NCC(c1ccc2c(c1)OCCO2)c1ccc[nH]1. The predicted octanol–water partition coefficient (Wildman–Crippen LogP) is 1.88. The van der Waals surface area contributed by atoms with Crippen LogP contribution in [0.25, 0.3) is 0 Å². The van der Waals surface area contributed by atoms with Crippen LogP contribution in [0.1, 0.15) is 17.2 Å². The summed E-state index contributed by atoms with van der Waals surface area (Å²) < 4.78 is 11.1. The Labute approximate surface area is 106 Å². The van der Waals surface area contributed by atoms with Crippen LogP contribution in [0.3, 0.4) is 0 Å². The van der Waals surface area contributed by atoms with Gasteiger partial charge in [-0.1, -0.05) is 6.07 Å². The first-order chi connectivity index (χ1) is 8.88. The van der Waals surface area contributed by atoms with Gasteiger partial charge in [0.1, 0.15) is 13.2 Å². The Hall–Kier alpha value is -1.94. The van der Waals surface area contributed by atoms with Gasteiger partial charge in [0.25, 0.3) is 0 Å². The Balaban J connectivity index is 1.95. The standard InChI is InChI=1S/C14H16N2O2/c15-9-11(12-2-1-5-16-12)10-3-4-13-14(8-10)18-7-6-17-13/h1-5,8,11,16H,6-7,9,15H2. The highest BCUT2D eigenvalue weighted by Crippen LogP contribution is 2.34. The van der Waals surface area contributed by atoms with E-state index in [-0.39, 0.29) is 5.92 Å². The summed E-state index contributed by atoms with van der Waals surface area (Å²) in [6.07, 6.45) is 1.91. The molecule has 18 heavy (non-hydrogen) atoms. The second-order valence-electron chi connectivity index (χ2n) is 4.32. The molecule has 1 aromatic heterocycles. The van der Waals surface area contributed by atoms with E-state index in [1.165, 1.54) is 0 Å². The minimum Gasteiger partial charge on any atom is -0.486 e. The van der Waals surface area contributed by atoms with Gasteiger partial charge in [0.15, 0.2) is 11.5 Å². The molecule has 4 heteroatoms. The Morgan fingerprint density at radius 2 is 2.00 bits per heavy atom. The zero-order valence-electron chi connectivity index (χ0n) is 10.1. The number of hydrogen-bond acceptors (Lipinski definition) is 3. The maximum Gasteiger partial charge on any atom is 0.161 e. The lowest BCUT2D eigenvalue weighted by Crippen LogP contribution is -2.17. The highest BCUT2D eigenvalue weighted by atomic mass is 16.6. The first-order valence-corrected chi connectivity index (χ1v) is 6.11. The number of benzene rings is 1. The van der Waals surface area contributed by atoms with E-state index in [1.807, 2.05) is 36.5 Å². The van der Waals surface area contributed by atoms with E-state index >= 15 is 0 Å². The van der Waals surface area contributed by atoms with Gasteiger partial charge in [0.2, 0.25) is 0 Å². The van der Waals surface area contributed by atoms with Gasteiger partial charge in [-0.15, -0.1) is 0 Å². The first kappa shape index (κ1) is 11.2. The van der Waals surface area contributed by atoms with E-state index < -0.39 is 0 Å². The fraction of sp³-hybridized carbons (Fsp3) is 0.286. The monoisotopic (exact) mass is 244 g/mol. The smallest absolute Gasteiger partial charge is 0.161 e. The zero-order chi connectivity index (χ0) is 12.4. The summed E-state index contributed by atoms with van der Waals surface area (Å²) in [7, 11) is 0. The molecule has 0 saturated carbocycles. The molecular weight excluding hydrogens is 228 g/mol. The van der Waals surface area contributed by atoms with Gasteiger partial charge in [-0.05, 0) is 29.8 Å². The molecule has 0 saturated heterocycles. The maximum absolute atomic E-state index is 5.88. The molecule has 0 radical (unpaired) electrons. The van der Waals surface area contributed by atoms with Crippen LogP contribution in [0.4, 0.5) is 0 Å². The summed E-state index contributed by atoms with van der Waals surface area (Å²) in [6.45, 7) is 1.77. The molecule has 0 amide bonds. The van der Waals surface area contributed by atoms with Gasteiger partial charge in [0, 0.05) is 24.4 Å². The van der Waals surface area contributed by atoms with E-state index in [4.69, 9.17) is 15.2 Å². The third-order valence-electron chi connectivity index (χ3n) is 3.20. The molecule has 0 spiro atoms. The summed E-state index contributed by atoms with van der Waals surface area (Å²) in [5.41, 5.74) is 8.14. The average Bonchev–Trinajstić information content (AvgIpc) is 2.93. The number of rotatable bonds is 3. The Morgan fingerprint density at radius 3 is 2.72 bits per heavy atom. The lowest BCUT2D eigenvalue weighted by atomic mass is 9.95. The van der Waals surface area contributed by atoms with Gasteiger partial charge in [-0.2, -0.15) is 0 Å². The van der Waals surface area contributed by atoms with Crippen molar-refractivity contribution >= 4 is 0 Å². The number of nitrogens with one attached hydrogen (secondary N) is 1. The predicted molar refractivity (Wildman–Crippen MR) is 69.1 cm³/mol. The number of aromatic amines is 1. The van der Waals surface area contributed by atoms with Crippen molar-refractivity contribution in [3.05, 3.63) is 47.8 Å². The van der Waals surface area contributed by atoms with Crippen LogP contribution >= 0.6 is 0 Å². The maximum atomic E-state index is 5.88. The molecule has 0 aliphatic carbocycles. The summed E-state index contributed by atoms with van der Waals surface area (Å²) in [5.74, 6) is 1.78. The highest BCUT2D eigenvalue weighted by Gasteiger charge is 2.17. The number of hydrogen-bond donors (Lipinski definition) is 2. The largest absolute Gasteiger partial charge is 0.486 e. The van der Waals surface area contributed by atoms with Crippen LogP contribution in [0, 0.1) is 0 Å². The summed E-state index contributed by atoms with van der Waals surface area (Å²) >= 11 is 0. The Morgan fingerprint density at radius 1 is 1.17 bits per heavy atom. The van der Waals surface area contributed by atoms with Crippen molar-refractivity contribution in [2.24, 2.45) is 5.73 Å². The van der Waals surface area contributed by atoms with Crippen molar-refractivity contribution in [3.63, 3.8) is 0 Å². The topological polar surface area (TPSA) is 60.3 Å². The van der Waals surface area contributed by atoms with Crippen LogP contribution in [0.15, 0.2) is 36.5 Å². The van der Waals surface area contributed by atoms with Crippen LogP contribution < -0.4 is 15.2 Å². The zero-order valence-corrected chi connectivity index (χ0v) is 10.1. The molecule has 3 rings (SSSR count).